The smallest absolute Gasteiger partial charge is 0.261 e. The fourth-order valence-corrected chi connectivity index (χ4v) is 6.09. The molecule has 9 heteroatoms. The molecule has 0 radical (unpaired) electrons. The molecule has 1 atom stereocenters. The van der Waals surface area contributed by atoms with Crippen LogP contribution in [0.4, 0.5) is 17.1 Å². The summed E-state index contributed by atoms with van der Waals surface area (Å²) in [5.74, 6) is 0.152. The molecule has 0 saturated carbocycles. The molecule has 0 saturated heterocycles. The van der Waals surface area contributed by atoms with Gasteiger partial charge in [-0.25, -0.2) is 0 Å². The van der Waals surface area contributed by atoms with Crippen molar-refractivity contribution in [2.45, 2.75) is 32.2 Å². The average molecular weight is 578 g/mol. The second-order valence-electron chi connectivity index (χ2n) is 10.2. The van der Waals surface area contributed by atoms with Gasteiger partial charge in [0, 0.05) is 51.5 Å². The Morgan fingerprint density at radius 2 is 1.73 bits per heavy atom. The van der Waals surface area contributed by atoms with E-state index in [-0.39, 0.29) is 11.8 Å². The van der Waals surface area contributed by atoms with E-state index in [1.807, 2.05) is 31.4 Å². The van der Waals surface area contributed by atoms with Crippen LogP contribution in [0, 0.1) is 6.92 Å². The van der Waals surface area contributed by atoms with Crippen LogP contribution in [0.2, 0.25) is 10.0 Å². The van der Waals surface area contributed by atoms with E-state index in [1.165, 1.54) is 0 Å². The molecule has 3 N–H and O–H groups in total. The monoisotopic (exact) mass is 576 g/mol. The van der Waals surface area contributed by atoms with Gasteiger partial charge >= 0.3 is 0 Å². The molecule has 206 valence electrons. The molecule has 4 aromatic rings. The molecule has 0 bridgehead atoms. The van der Waals surface area contributed by atoms with E-state index >= 15 is 0 Å². The van der Waals surface area contributed by atoms with E-state index in [2.05, 4.69) is 5.32 Å². The van der Waals surface area contributed by atoms with Crippen LogP contribution in [0.15, 0.2) is 60.8 Å². The maximum absolute atomic E-state index is 14.5. The number of nitrogen functional groups attached to an aromatic ring is 1. The molecule has 40 heavy (non-hydrogen) atoms. The number of hydrogen-bond acceptors (Lipinski definition) is 5. The summed E-state index contributed by atoms with van der Waals surface area (Å²) >= 11 is 12.8. The van der Waals surface area contributed by atoms with E-state index in [0.717, 1.165) is 17.5 Å². The van der Waals surface area contributed by atoms with E-state index in [9.17, 15) is 9.59 Å². The lowest BCUT2D eigenvalue weighted by Crippen LogP contribution is -2.48. The maximum Gasteiger partial charge on any atom is 0.261 e. The van der Waals surface area contributed by atoms with Crippen molar-refractivity contribution in [2.75, 3.05) is 30.1 Å². The van der Waals surface area contributed by atoms with Crippen LogP contribution in [0.25, 0.3) is 5.69 Å². The molecular formula is C31H30Cl2N4O3. The van der Waals surface area contributed by atoms with Gasteiger partial charge in [-0.1, -0.05) is 49.2 Å². The first kappa shape index (κ1) is 27.6. The number of halogens is 2. The van der Waals surface area contributed by atoms with Crippen LogP contribution in [0.5, 0.6) is 5.75 Å². The van der Waals surface area contributed by atoms with E-state index in [4.69, 9.17) is 33.7 Å². The first-order chi connectivity index (χ1) is 19.1. The zero-order valence-corrected chi connectivity index (χ0v) is 24.4. The minimum absolute atomic E-state index is 0.104. The quantitative estimate of drug-likeness (QED) is 0.183. The van der Waals surface area contributed by atoms with E-state index in [1.54, 1.807) is 73.8 Å². The number of aldehydes is 1. The molecule has 1 unspecified atom stereocenters. The summed E-state index contributed by atoms with van der Waals surface area (Å²) in [6, 6.07) is 15.9. The Kier molecular flexibility index (Phi) is 7.06. The van der Waals surface area contributed by atoms with Crippen molar-refractivity contribution in [3.8, 4) is 11.4 Å². The third-order valence-corrected chi connectivity index (χ3v) is 7.93. The third kappa shape index (κ3) is 4.03. The van der Waals surface area contributed by atoms with Gasteiger partial charge in [0.2, 0.25) is 0 Å². The highest BCUT2D eigenvalue weighted by atomic mass is 35.5. The number of rotatable bonds is 7. The van der Waals surface area contributed by atoms with E-state index in [0.29, 0.717) is 55.2 Å². The number of nitrogens with one attached hydrogen (secondary N) is 1. The SMILES string of the molecule is CNc1cc(Cl)ccc1C1(C=O)c2c(cn(-c3cc(N)ccc3OC)c2C(C)C)C(=O)N1c1cc(Cl)ccc1C. The lowest BCUT2D eigenvalue weighted by Gasteiger charge is -2.38. The molecule has 5 rings (SSSR count). The standard InChI is InChI=1S/C31H30Cl2N4O3/c1-17(2)29-28-22(15-36(29)26-14-21(34)9-11-27(26)40-5)30(39)37(25-13-20(33)7-6-18(25)3)31(28,16-38)23-10-8-19(32)12-24(23)35-4/h6-17,35H,34H2,1-5H3. The first-order valence-electron chi connectivity index (χ1n) is 12.8. The minimum Gasteiger partial charge on any atom is -0.495 e. The number of amides is 1. The van der Waals surface area contributed by atoms with Crippen molar-refractivity contribution >= 4 is 52.5 Å². The molecule has 1 aromatic heterocycles. The van der Waals surface area contributed by atoms with Crippen molar-refractivity contribution < 1.29 is 14.3 Å². The lowest BCUT2D eigenvalue weighted by molar-refractivity contribution is -0.111. The molecule has 3 aromatic carbocycles. The predicted octanol–water partition coefficient (Wildman–Crippen LogP) is 6.95. The van der Waals surface area contributed by atoms with Crippen LogP contribution in [0.3, 0.4) is 0 Å². The Labute approximate surface area is 243 Å². The van der Waals surface area contributed by atoms with Gasteiger partial charge in [0.1, 0.15) is 5.75 Å². The molecule has 7 nitrogen and oxygen atoms in total. The number of anilines is 3. The Hall–Kier alpha value is -3.94. The highest BCUT2D eigenvalue weighted by molar-refractivity contribution is 6.31. The third-order valence-electron chi connectivity index (χ3n) is 7.46. The van der Waals surface area contributed by atoms with Gasteiger partial charge < -0.3 is 20.4 Å². The molecule has 1 amide bonds. The summed E-state index contributed by atoms with van der Waals surface area (Å²) in [4.78, 5) is 29.8. The fourth-order valence-electron chi connectivity index (χ4n) is 5.75. The Morgan fingerprint density at radius 3 is 2.38 bits per heavy atom. The van der Waals surface area contributed by atoms with Crippen LogP contribution >= 0.6 is 23.2 Å². The summed E-state index contributed by atoms with van der Waals surface area (Å²) in [5.41, 5.74) is 10.2. The highest BCUT2D eigenvalue weighted by Gasteiger charge is 2.56. The summed E-state index contributed by atoms with van der Waals surface area (Å²) in [5, 5.41) is 4.13. The van der Waals surface area contributed by atoms with Gasteiger partial charge in [-0.15, -0.1) is 0 Å². The molecule has 2 heterocycles. The molecule has 1 aliphatic rings. The first-order valence-corrected chi connectivity index (χ1v) is 13.6. The average Bonchev–Trinajstić information content (AvgIpc) is 3.44. The number of fused-ring (bicyclic) bond motifs is 1. The number of hydrogen-bond donors (Lipinski definition) is 2. The van der Waals surface area contributed by atoms with Gasteiger partial charge in [-0.2, -0.15) is 0 Å². The normalized spacial score (nSPS) is 16.4. The second kappa shape index (κ2) is 10.2. The largest absolute Gasteiger partial charge is 0.495 e. The number of nitrogens with zero attached hydrogens (tertiary/aromatic N) is 2. The number of ether oxygens (including phenoxy) is 1. The number of aryl methyl sites for hydroxylation is 1. The van der Waals surface area contributed by atoms with E-state index < -0.39 is 5.54 Å². The number of carbonyl (C=O) groups excluding carboxylic acids is 2. The molecule has 0 spiro atoms. The molecular weight excluding hydrogens is 547 g/mol. The number of carbonyl (C=O) groups is 2. The Balaban J connectivity index is 1.95. The van der Waals surface area contributed by atoms with Crippen molar-refractivity contribution in [3.05, 3.63) is 98.8 Å². The number of methoxy groups -OCH3 is 1. The van der Waals surface area contributed by atoms with Gasteiger partial charge in [-0.3, -0.25) is 14.5 Å². The van der Waals surface area contributed by atoms with Crippen molar-refractivity contribution in [1.82, 2.24) is 4.57 Å². The van der Waals surface area contributed by atoms with Crippen LogP contribution < -0.4 is 20.7 Å². The highest BCUT2D eigenvalue weighted by Crippen LogP contribution is 2.52. The lowest BCUT2D eigenvalue weighted by atomic mass is 9.80. The van der Waals surface area contributed by atoms with Gasteiger partial charge in [0.05, 0.1) is 24.0 Å². The van der Waals surface area contributed by atoms with Crippen molar-refractivity contribution in [3.63, 3.8) is 0 Å². The summed E-state index contributed by atoms with van der Waals surface area (Å²) < 4.78 is 7.58. The van der Waals surface area contributed by atoms with Gasteiger partial charge in [0.25, 0.3) is 5.91 Å². The summed E-state index contributed by atoms with van der Waals surface area (Å²) in [6.07, 6.45) is 2.62. The Bertz CT molecular complexity index is 1660. The number of nitrogens with two attached hydrogens (primary N) is 1. The predicted molar refractivity (Wildman–Crippen MR) is 162 cm³/mol. The zero-order valence-electron chi connectivity index (χ0n) is 22.9. The summed E-state index contributed by atoms with van der Waals surface area (Å²) in [7, 11) is 3.34. The van der Waals surface area contributed by atoms with Gasteiger partial charge in [-0.05, 0) is 60.9 Å². The summed E-state index contributed by atoms with van der Waals surface area (Å²) in [6.45, 7) is 5.94. The fraction of sp³-hybridized carbons (Fsp3) is 0.226. The second-order valence-corrected chi connectivity index (χ2v) is 11.0. The van der Waals surface area contributed by atoms with Crippen LogP contribution in [-0.2, 0) is 10.3 Å². The van der Waals surface area contributed by atoms with Crippen LogP contribution in [-0.4, -0.2) is 30.9 Å². The molecule has 1 aliphatic heterocycles. The number of benzene rings is 3. The van der Waals surface area contributed by atoms with Crippen molar-refractivity contribution in [2.24, 2.45) is 0 Å². The minimum atomic E-state index is -1.54. The Morgan fingerprint density at radius 1 is 1.02 bits per heavy atom. The molecule has 0 fully saturated rings. The maximum atomic E-state index is 14.5. The van der Waals surface area contributed by atoms with Gasteiger partial charge in [0.15, 0.2) is 11.8 Å². The molecule has 0 aliphatic carbocycles. The topological polar surface area (TPSA) is 89.6 Å². The zero-order chi connectivity index (χ0) is 28.9. The van der Waals surface area contributed by atoms with Crippen LogP contribution in [0.1, 0.15) is 52.5 Å². The van der Waals surface area contributed by atoms with Crippen molar-refractivity contribution in [1.29, 1.82) is 0 Å². The number of aromatic nitrogens is 1.